The Morgan fingerprint density at radius 2 is 1.59 bits per heavy atom. The van der Waals surface area contributed by atoms with Gasteiger partial charge in [0.25, 0.3) is 5.91 Å². The third-order valence-electron chi connectivity index (χ3n) is 4.82. The van der Waals surface area contributed by atoms with E-state index in [4.69, 9.17) is 0 Å². The van der Waals surface area contributed by atoms with Gasteiger partial charge in [0.15, 0.2) is 0 Å². The Balaban J connectivity index is 1.42. The van der Waals surface area contributed by atoms with E-state index >= 15 is 0 Å². The van der Waals surface area contributed by atoms with Gasteiger partial charge < -0.3 is 10.6 Å². The van der Waals surface area contributed by atoms with Gasteiger partial charge >= 0.3 is 0 Å². The average molecular weight is 362 g/mol. The predicted octanol–water partition coefficient (Wildman–Crippen LogP) is 4.09. The molecule has 0 heterocycles. The summed E-state index contributed by atoms with van der Waals surface area (Å²) >= 11 is 0. The highest BCUT2D eigenvalue weighted by Crippen LogP contribution is 2.20. The van der Waals surface area contributed by atoms with Gasteiger partial charge in [-0.05, 0) is 55.4 Å². The summed E-state index contributed by atoms with van der Waals surface area (Å²) in [7, 11) is 0. The zero-order valence-corrected chi connectivity index (χ0v) is 15.5. The van der Waals surface area contributed by atoms with E-state index in [1.807, 2.05) is 42.5 Å². The van der Waals surface area contributed by atoms with E-state index in [0.29, 0.717) is 12.1 Å². The molecule has 0 radical (unpaired) electrons. The Hall–Kier alpha value is -2.88. The number of amides is 2. The average Bonchev–Trinajstić information content (AvgIpc) is 2.73. The molecule has 27 heavy (non-hydrogen) atoms. The molecular formula is C23H26N2O2. The van der Waals surface area contributed by atoms with Gasteiger partial charge in [-0.1, -0.05) is 54.1 Å². The van der Waals surface area contributed by atoms with Crippen LogP contribution in [0.25, 0.3) is 11.1 Å². The molecule has 2 aromatic carbocycles. The van der Waals surface area contributed by atoms with Gasteiger partial charge in [-0.15, -0.1) is 0 Å². The molecule has 1 aliphatic carbocycles. The number of nitrogens with one attached hydrogen (secondary N) is 2. The SMILES string of the molecule is O=C(CNC(=O)c1ccc(-c2ccccc2)cc1)NCCC1=CCCCC1. The van der Waals surface area contributed by atoms with Crippen LogP contribution in [0.2, 0.25) is 0 Å². The molecule has 4 nitrogen and oxygen atoms in total. The second-order valence-electron chi connectivity index (χ2n) is 6.83. The largest absolute Gasteiger partial charge is 0.354 e. The fourth-order valence-electron chi connectivity index (χ4n) is 3.26. The van der Waals surface area contributed by atoms with E-state index in [9.17, 15) is 9.59 Å². The highest BCUT2D eigenvalue weighted by Gasteiger charge is 2.09. The molecule has 0 bridgehead atoms. The second kappa shape index (κ2) is 9.72. The summed E-state index contributed by atoms with van der Waals surface area (Å²) in [6.45, 7) is 0.630. The highest BCUT2D eigenvalue weighted by atomic mass is 16.2. The van der Waals surface area contributed by atoms with Crippen LogP contribution >= 0.6 is 0 Å². The first-order valence-electron chi connectivity index (χ1n) is 9.60. The Labute approximate surface area is 160 Å². The van der Waals surface area contributed by atoms with Crippen molar-refractivity contribution >= 4 is 11.8 Å². The summed E-state index contributed by atoms with van der Waals surface area (Å²) < 4.78 is 0. The highest BCUT2D eigenvalue weighted by molar-refractivity contribution is 5.96. The molecule has 0 saturated heterocycles. The Morgan fingerprint density at radius 1 is 0.852 bits per heavy atom. The normalized spacial score (nSPS) is 13.6. The fraction of sp³-hybridized carbons (Fsp3) is 0.304. The summed E-state index contributed by atoms with van der Waals surface area (Å²) in [6.07, 6.45) is 8.01. The molecule has 4 heteroatoms. The van der Waals surface area contributed by atoms with Crippen LogP contribution in [-0.2, 0) is 4.79 Å². The van der Waals surface area contributed by atoms with E-state index < -0.39 is 0 Å². The monoisotopic (exact) mass is 362 g/mol. The molecule has 0 unspecified atom stereocenters. The minimum absolute atomic E-state index is 0.00167. The standard InChI is InChI=1S/C23H26N2O2/c26-22(24-16-15-18-7-3-1-4-8-18)17-25-23(27)21-13-11-20(12-14-21)19-9-5-2-6-10-19/h2,5-7,9-14H,1,3-4,8,15-17H2,(H,24,26)(H,25,27). The fourth-order valence-corrected chi connectivity index (χ4v) is 3.26. The van der Waals surface area contributed by atoms with Crippen molar-refractivity contribution in [3.05, 3.63) is 71.8 Å². The molecule has 2 aromatic rings. The summed E-state index contributed by atoms with van der Waals surface area (Å²) in [4.78, 5) is 24.1. The molecule has 0 fully saturated rings. The smallest absolute Gasteiger partial charge is 0.251 e. The van der Waals surface area contributed by atoms with Crippen LogP contribution in [0.5, 0.6) is 0 Å². The molecular weight excluding hydrogens is 336 g/mol. The topological polar surface area (TPSA) is 58.2 Å². The maximum atomic E-state index is 12.2. The Bertz CT molecular complexity index is 795. The van der Waals surface area contributed by atoms with Crippen LogP contribution in [0.4, 0.5) is 0 Å². The summed E-state index contributed by atoms with van der Waals surface area (Å²) in [6, 6.07) is 17.4. The van der Waals surface area contributed by atoms with Crippen molar-refractivity contribution in [1.82, 2.24) is 10.6 Å². The maximum Gasteiger partial charge on any atom is 0.251 e. The van der Waals surface area contributed by atoms with E-state index in [0.717, 1.165) is 30.4 Å². The van der Waals surface area contributed by atoms with Gasteiger partial charge in [0, 0.05) is 12.1 Å². The molecule has 0 atom stereocenters. The van der Waals surface area contributed by atoms with Gasteiger partial charge in [-0.3, -0.25) is 9.59 Å². The quantitative estimate of drug-likeness (QED) is 0.729. The number of benzene rings is 2. The zero-order chi connectivity index (χ0) is 18.9. The molecule has 2 amide bonds. The van der Waals surface area contributed by atoms with Gasteiger partial charge in [-0.2, -0.15) is 0 Å². The first-order chi connectivity index (χ1) is 13.2. The van der Waals surface area contributed by atoms with Crippen LogP contribution < -0.4 is 10.6 Å². The van der Waals surface area contributed by atoms with Crippen molar-refractivity contribution in [2.24, 2.45) is 0 Å². The molecule has 140 valence electrons. The first kappa shape index (κ1) is 18.9. The number of carbonyl (C=O) groups is 2. The summed E-state index contributed by atoms with van der Waals surface area (Å²) in [5.74, 6) is -0.389. The Morgan fingerprint density at radius 3 is 2.30 bits per heavy atom. The number of carbonyl (C=O) groups excluding carboxylic acids is 2. The summed E-state index contributed by atoms with van der Waals surface area (Å²) in [5.41, 5.74) is 4.15. The third kappa shape index (κ3) is 5.81. The van der Waals surface area contributed by atoms with E-state index in [2.05, 4.69) is 16.7 Å². The number of rotatable bonds is 7. The van der Waals surface area contributed by atoms with E-state index in [1.54, 1.807) is 12.1 Å². The van der Waals surface area contributed by atoms with Crippen LogP contribution in [-0.4, -0.2) is 24.9 Å². The lowest BCUT2D eigenvalue weighted by Gasteiger charge is -2.13. The molecule has 1 aliphatic rings. The van der Waals surface area contributed by atoms with Gasteiger partial charge in [0.2, 0.25) is 5.91 Å². The van der Waals surface area contributed by atoms with Crippen molar-refractivity contribution in [1.29, 1.82) is 0 Å². The van der Waals surface area contributed by atoms with Gasteiger partial charge in [0.1, 0.15) is 0 Å². The zero-order valence-electron chi connectivity index (χ0n) is 15.5. The lowest BCUT2D eigenvalue weighted by atomic mass is 9.97. The van der Waals surface area contributed by atoms with Crippen molar-refractivity contribution in [2.75, 3.05) is 13.1 Å². The number of hydrogen-bond acceptors (Lipinski definition) is 2. The van der Waals surface area contributed by atoms with Crippen molar-refractivity contribution in [2.45, 2.75) is 32.1 Å². The van der Waals surface area contributed by atoms with E-state index in [1.165, 1.54) is 18.4 Å². The molecule has 0 spiro atoms. The number of hydrogen-bond donors (Lipinski definition) is 2. The van der Waals surface area contributed by atoms with E-state index in [-0.39, 0.29) is 18.4 Å². The minimum Gasteiger partial charge on any atom is -0.354 e. The third-order valence-corrected chi connectivity index (χ3v) is 4.82. The molecule has 2 N–H and O–H groups in total. The maximum absolute atomic E-state index is 12.2. The number of allylic oxidation sites excluding steroid dienone is 1. The summed E-state index contributed by atoms with van der Waals surface area (Å²) in [5, 5.41) is 5.55. The lowest BCUT2D eigenvalue weighted by molar-refractivity contribution is -0.120. The van der Waals surface area contributed by atoms with Gasteiger partial charge in [0.05, 0.1) is 6.54 Å². The van der Waals surface area contributed by atoms with Crippen molar-refractivity contribution in [3.63, 3.8) is 0 Å². The Kier molecular flexibility index (Phi) is 6.80. The molecule has 0 aromatic heterocycles. The first-order valence-corrected chi connectivity index (χ1v) is 9.60. The van der Waals surface area contributed by atoms with Crippen molar-refractivity contribution in [3.8, 4) is 11.1 Å². The van der Waals surface area contributed by atoms with Crippen molar-refractivity contribution < 1.29 is 9.59 Å². The predicted molar refractivity (Wildman–Crippen MR) is 108 cm³/mol. The molecule has 0 aliphatic heterocycles. The van der Waals surface area contributed by atoms with Crippen LogP contribution in [0.15, 0.2) is 66.2 Å². The molecule has 0 saturated carbocycles. The van der Waals surface area contributed by atoms with Gasteiger partial charge in [-0.25, -0.2) is 0 Å². The molecule has 3 rings (SSSR count). The minimum atomic E-state index is -0.236. The van der Waals surface area contributed by atoms with Crippen LogP contribution in [0, 0.1) is 0 Å². The van der Waals surface area contributed by atoms with Crippen LogP contribution in [0.3, 0.4) is 0 Å². The van der Waals surface area contributed by atoms with Crippen LogP contribution in [0.1, 0.15) is 42.5 Å². The second-order valence-corrected chi connectivity index (χ2v) is 6.83. The lowest BCUT2D eigenvalue weighted by Crippen LogP contribution is -2.37.